The van der Waals surface area contributed by atoms with Crippen LogP contribution in [0.1, 0.15) is 26.2 Å². The Bertz CT molecular complexity index is 160. The minimum absolute atomic E-state index is 0.140. The second kappa shape index (κ2) is 8.93. The molecule has 1 aliphatic rings. The maximum Gasteiger partial charge on any atom is 0.0933 e. The zero-order valence-electron chi connectivity index (χ0n) is 10.5. The van der Waals surface area contributed by atoms with Crippen LogP contribution in [0.15, 0.2) is 0 Å². The van der Waals surface area contributed by atoms with Gasteiger partial charge in [0.1, 0.15) is 0 Å². The van der Waals surface area contributed by atoms with E-state index in [9.17, 15) is 0 Å². The summed E-state index contributed by atoms with van der Waals surface area (Å²) in [7, 11) is 1.71. The van der Waals surface area contributed by atoms with E-state index in [1.54, 1.807) is 7.11 Å². The molecule has 1 rings (SSSR count). The predicted molar refractivity (Wildman–Crippen MR) is 63.8 cm³/mol. The topological polar surface area (TPSA) is 39.7 Å². The van der Waals surface area contributed by atoms with Crippen molar-refractivity contribution in [2.75, 3.05) is 40.0 Å². The lowest BCUT2D eigenvalue weighted by atomic mass is 10.2. The lowest BCUT2D eigenvalue weighted by Gasteiger charge is -2.19. The van der Waals surface area contributed by atoms with Gasteiger partial charge in [-0.05, 0) is 25.8 Å². The van der Waals surface area contributed by atoms with E-state index in [4.69, 9.17) is 14.2 Å². The molecule has 0 aromatic heterocycles. The van der Waals surface area contributed by atoms with Crippen LogP contribution in [-0.4, -0.2) is 52.2 Å². The minimum Gasteiger partial charge on any atom is -0.382 e. The molecule has 2 atom stereocenters. The summed E-state index contributed by atoms with van der Waals surface area (Å²) >= 11 is 0. The van der Waals surface area contributed by atoms with E-state index in [1.165, 1.54) is 0 Å². The molecule has 0 radical (unpaired) electrons. The third-order valence-electron chi connectivity index (χ3n) is 2.69. The van der Waals surface area contributed by atoms with Gasteiger partial charge in [-0.15, -0.1) is 0 Å². The maximum absolute atomic E-state index is 5.80. The van der Waals surface area contributed by atoms with Gasteiger partial charge in [0.2, 0.25) is 0 Å². The first-order valence-electron chi connectivity index (χ1n) is 6.29. The standard InChI is InChI=1S/C12H25NO3/c1-3-6-13-8-12(9-14-2)16-10-11-5-4-7-15-11/h11-13H,3-10H2,1-2H3. The zero-order valence-corrected chi connectivity index (χ0v) is 10.5. The van der Waals surface area contributed by atoms with Crippen molar-refractivity contribution in [3.8, 4) is 0 Å². The Labute approximate surface area is 98.6 Å². The maximum atomic E-state index is 5.80. The van der Waals surface area contributed by atoms with Gasteiger partial charge in [-0.3, -0.25) is 0 Å². The average molecular weight is 231 g/mol. The fourth-order valence-corrected chi connectivity index (χ4v) is 1.81. The van der Waals surface area contributed by atoms with E-state index in [2.05, 4.69) is 12.2 Å². The van der Waals surface area contributed by atoms with Gasteiger partial charge in [0.05, 0.1) is 25.4 Å². The van der Waals surface area contributed by atoms with Crippen LogP contribution in [0.5, 0.6) is 0 Å². The molecular formula is C12H25NO3. The number of hydrogen-bond acceptors (Lipinski definition) is 4. The Hall–Kier alpha value is -0.160. The van der Waals surface area contributed by atoms with Crippen LogP contribution < -0.4 is 5.32 Å². The van der Waals surface area contributed by atoms with Crippen molar-refractivity contribution in [3.05, 3.63) is 0 Å². The van der Waals surface area contributed by atoms with Crippen LogP contribution in [0.3, 0.4) is 0 Å². The van der Waals surface area contributed by atoms with Gasteiger partial charge in [0, 0.05) is 20.3 Å². The Balaban J connectivity index is 2.10. The summed E-state index contributed by atoms with van der Waals surface area (Å²) in [5.41, 5.74) is 0. The average Bonchev–Trinajstić information content (AvgIpc) is 2.79. The molecule has 4 nitrogen and oxygen atoms in total. The van der Waals surface area contributed by atoms with Crippen molar-refractivity contribution in [3.63, 3.8) is 0 Å². The van der Waals surface area contributed by atoms with Crippen LogP contribution in [0, 0.1) is 0 Å². The van der Waals surface area contributed by atoms with Gasteiger partial charge < -0.3 is 19.5 Å². The van der Waals surface area contributed by atoms with Crippen LogP contribution in [-0.2, 0) is 14.2 Å². The first-order valence-corrected chi connectivity index (χ1v) is 6.29. The highest BCUT2D eigenvalue weighted by Crippen LogP contribution is 2.12. The quantitative estimate of drug-likeness (QED) is 0.605. The Kier molecular flexibility index (Phi) is 7.76. The van der Waals surface area contributed by atoms with E-state index in [0.717, 1.165) is 39.0 Å². The molecule has 0 aliphatic carbocycles. The lowest BCUT2D eigenvalue weighted by Crippen LogP contribution is -2.35. The van der Waals surface area contributed by atoms with Crippen LogP contribution >= 0.6 is 0 Å². The van der Waals surface area contributed by atoms with Gasteiger partial charge in [-0.2, -0.15) is 0 Å². The normalized spacial score (nSPS) is 22.5. The SMILES string of the molecule is CCCNCC(COC)OCC1CCCO1. The van der Waals surface area contributed by atoms with E-state index in [-0.39, 0.29) is 6.10 Å². The molecule has 1 saturated heterocycles. The van der Waals surface area contributed by atoms with Gasteiger partial charge >= 0.3 is 0 Å². The Morgan fingerprint density at radius 2 is 2.38 bits per heavy atom. The van der Waals surface area contributed by atoms with E-state index < -0.39 is 0 Å². The highest BCUT2D eigenvalue weighted by molar-refractivity contribution is 4.67. The van der Waals surface area contributed by atoms with Crippen molar-refractivity contribution < 1.29 is 14.2 Å². The summed E-state index contributed by atoms with van der Waals surface area (Å²) in [5.74, 6) is 0. The molecule has 0 spiro atoms. The highest BCUT2D eigenvalue weighted by Gasteiger charge is 2.18. The van der Waals surface area contributed by atoms with Crippen molar-refractivity contribution in [1.29, 1.82) is 0 Å². The highest BCUT2D eigenvalue weighted by atomic mass is 16.6. The molecule has 0 aromatic carbocycles. The van der Waals surface area contributed by atoms with E-state index in [0.29, 0.717) is 19.3 Å². The largest absolute Gasteiger partial charge is 0.382 e. The first kappa shape index (κ1) is 13.9. The molecule has 1 aliphatic heterocycles. The fraction of sp³-hybridized carbons (Fsp3) is 1.00. The Morgan fingerprint density at radius 3 is 3.00 bits per heavy atom. The van der Waals surface area contributed by atoms with Crippen LogP contribution in [0.2, 0.25) is 0 Å². The minimum atomic E-state index is 0.140. The first-order chi connectivity index (χ1) is 7.86. The molecule has 1 N–H and O–H groups in total. The lowest BCUT2D eigenvalue weighted by molar-refractivity contribution is -0.0454. The molecule has 0 saturated carbocycles. The number of hydrogen-bond donors (Lipinski definition) is 1. The summed E-state index contributed by atoms with van der Waals surface area (Å²) in [6.07, 6.45) is 3.87. The molecule has 2 unspecified atom stereocenters. The second-order valence-electron chi connectivity index (χ2n) is 4.25. The number of rotatable bonds is 9. The predicted octanol–water partition coefficient (Wildman–Crippen LogP) is 1.20. The van der Waals surface area contributed by atoms with Crippen molar-refractivity contribution in [2.45, 2.75) is 38.4 Å². The van der Waals surface area contributed by atoms with Crippen LogP contribution in [0.25, 0.3) is 0 Å². The third kappa shape index (κ3) is 5.80. The third-order valence-corrected chi connectivity index (χ3v) is 2.69. The monoisotopic (exact) mass is 231 g/mol. The van der Waals surface area contributed by atoms with E-state index in [1.807, 2.05) is 0 Å². The van der Waals surface area contributed by atoms with Crippen molar-refractivity contribution >= 4 is 0 Å². The van der Waals surface area contributed by atoms with E-state index >= 15 is 0 Å². The van der Waals surface area contributed by atoms with Gasteiger partial charge in [-0.25, -0.2) is 0 Å². The Morgan fingerprint density at radius 1 is 1.50 bits per heavy atom. The molecule has 1 fully saturated rings. The summed E-state index contributed by atoms with van der Waals surface area (Å²) in [4.78, 5) is 0. The zero-order chi connectivity index (χ0) is 11.6. The molecule has 0 bridgehead atoms. The summed E-state index contributed by atoms with van der Waals surface area (Å²) in [6, 6.07) is 0. The molecular weight excluding hydrogens is 206 g/mol. The van der Waals surface area contributed by atoms with Gasteiger partial charge in [0.15, 0.2) is 0 Å². The van der Waals surface area contributed by atoms with Crippen LogP contribution in [0.4, 0.5) is 0 Å². The van der Waals surface area contributed by atoms with Gasteiger partial charge in [0.25, 0.3) is 0 Å². The van der Waals surface area contributed by atoms with Gasteiger partial charge in [-0.1, -0.05) is 6.92 Å². The number of nitrogens with one attached hydrogen (secondary N) is 1. The fourth-order valence-electron chi connectivity index (χ4n) is 1.81. The molecule has 0 amide bonds. The second-order valence-corrected chi connectivity index (χ2v) is 4.25. The molecule has 16 heavy (non-hydrogen) atoms. The van der Waals surface area contributed by atoms with Crippen molar-refractivity contribution in [1.82, 2.24) is 5.32 Å². The number of methoxy groups -OCH3 is 1. The van der Waals surface area contributed by atoms with Crippen molar-refractivity contribution in [2.24, 2.45) is 0 Å². The molecule has 1 heterocycles. The number of ether oxygens (including phenoxy) is 3. The summed E-state index contributed by atoms with van der Waals surface area (Å²) in [6.45, 7) is 6.27. The summed E-state index contributed by atoms with van der Waals surface area (Å²) in [5, 5.41) is 3.35. The summed E-state index contributed by atoms with van der Waals surface area (Å²) < 4.78 is 16.5. The smallest absolute Gasteiger partial charge is 0.0933 e. The molecule has 96 valence electrons. The molecule has 0 aromatic rings. The molecule has 4 heteroatoms.